The van der Waals surface area contributed by atoms with E-state index in [9.17, 15) is 0 Å². The summed E-state index contributed by atoms with van der Waals surface area (Å²) in [6.07, 6.45) is 5.04. The number of rotatable bonds is 5. The second-order valence-electron chi connectivity index (χ2n) is 5.60. The van der Waals surface area contributed by atoms with Crippen molar-refractivity contribution in [2.24, 2.45) is 11.7 Å². The van der Waals surface area contributed by atoms with Crippen molar-refractivity contribution < 1.29 is 0 Å². The van der Waals surface area contributed by atoms with E-state index in [0.717, 1.165) is 18.9 Å². The van der Waals surface area contributed by atoms with Gasteiger partial charge in [-0.2, -0.15) is 0 Å². The second-order valence-corrected chi connectivity index (χ2v) is 5.60. The number of nitrogens with zero attached hydrogens (tertiary/aromatic N) is 1. The highest BCUT2D eigenvalue weighted by atomic mass is 15.1. The van der Waals surface area contributed by atoms with Crippen LogP contribution in [-0.4, -0.2) is 30.6 Å². The molecule has 1 fully saturated rings. The van der Waals surface area contributed by atoms with E-state index >= 15 is 0 Å². The summed E-state index contributed by atoms with van der Waals surface area (Å²) in [5, 5.41) is 0. The molecule has 2 heteroatoms. The van der Waals surface area contributed by atoms with Crippen LogP contribution in [0.15, 0.2) is 30.3 Å². The van der Waals surface area contributed by atoms with Gasteiger partial charge in [0.2, 0.25) is 0 Å². The van der Waals surface area contributed by atoms with Gasteiger partial charge < -0.3 is 10.6 Å². The first-order valence-electron chi connectivity index (χ1n) is 7.29. The Morgan fingerprint density at radius 1 is 1.22 bits per heavy atom. The van der Waals surface area contributed by atoms with Gasteiger partial charge in [0.15, 0.2) is 0 Å². The third-order valence-electron chi connectivity index (χ3n) is 4.12. The molecule has 1 unspecified atom stereocenters. The van der Waals surface area contributed by atoms with E-state index in [1.165, 1.54) is 37.9 Å². The minimum Gasteiger partial charge on any atom is -0.326 e. The molecule has 2 N–H and O–H groups in total. The monoisotopic (exact) mass is 246 g/mol. The Balaban J connectivity index is 1.73. The number of hydrogen-bond acceptors (Lipinski definition) is 2. The molecule has 0 spiro atoms. The Morgan fingerprint density at radius 2 is 1.89 bits per heavy atom. The molecule has 1 aromatic rings. The van der Waals surface area contributed by atoms with Crippen molar-refractivity contribution in [1.29, 1.82) is 0 Å². The quantitative estimate of drug-likeness (QED) is 0.865. The van der Waals surface area contributed by atoms with Gasteiger partial charge in [-0.25, -0.2) is 0 Å². The molecule has 1 aliphatic heterocycles. The van der Waals surface area contributed by atoms with E-state index in [1.54, 1.807) is 0 Å². The van der Waals surface area contributed by atoms with E-state index in [1.807, 2.05) is 0 Å². The zero-order valence-corrected chi connectivity index (χ0v) is 11.5. The van der Waals surface area contributed by atoms with E-state index in [-0.39, 0.29) is 6.04 Å². The van der Waals surface area contributed by atoms with Crippen LogP contribution in [-0.2, 0) is 6.42 Å². The molecule has 1 heterocycles. The summed E-state index contributed by atoms with van der Waals surface area (Å²) >= 11 is 0. The number of likely N-dealkylation sites (tertiary alicyclic amines) is 1. The summed E-state index contributed by atoms with van der Waals surface area (Å²) in [6.45, 7) is 5.83. The minimum absolute atomic E-state index is 0.269. The van der Waals surface area contributed by atoms with E-state index in [4.69, 9.17) is 5.73 Å². The van der Waals surface area contributed by atoms with Gasteiger partial charge in [-0.05, 0) is 43.8 Å². The smallest absolute Gasteiger partial charge is 0.0208 e. The highest BCUT2D eigenvalue weighted by Gasteiger charge is 2.19. The summed E-state index contributed by atoms with van der Waals surface area (Å²) in [4.78, 5) is 2.54. The average Bonchev–Trinajstić information content (AvgIpc) is 2.40. The van der Waals surface area contributed by atoms with Crippen LogP contribution in [0.3, 0.4) is 0 Å². The molecule has 0 radical (unpaired) electrons. The Kier molecular flexibility index (Phi) is 5.21. The summed E-state index contributed by atoms with van der Waals surface area (Å²) in [5.74, 6) is 0.951. The largest absolute Gasteiger partial charge is 0.326 e. The molecule has 0 aromatic heterocycles. The molecule has 2 nitrogen and oxygen atoms in total. The highest BCUT2D eigenvalue weighted by Crippen LogP contribution is 2.19. The van der Waals surface area contributed by atoms with Gasteiger partial charge in [-0.15, -0.1) is 0 Å². The van der Waals surface area contributed by atoms with Crippen molar-refractivity contribution >= 4 is 0 Å². The van der Waals surface area contributed by atoms with Crippen molar-refractivity contribution in [2.75, 3.05) is 19.6 Å². The fourth-order valence-electron chi connectivity index (χ4n) is 2.89. The van der Waals surface area contributed by atoms with Crippen LogP contribution in [0.1, 0.15) is 31.7 Å². The first-order chi connectivity index (χ1) is 8.78. The molecule has 1 saturated heterocycles. The van der Waals surface area contributed by atoms with Crippen molar-refractivity contribution in [1.82, 2.24) is 4.90 Å². The first kappa shape index (κ1) is 13.6. The lowest BCUT2D eigenvalue weighted by molar-refractivity contribution is 0.173. The first-order valence-corrected chi connectivity index (χ1v) is 7.29. The Hall–Kier alpha value is -0.860. The molecule has 0 aliphatic carbocycles. The molecule has 1 aromatic carbocycles. The summed E-state index contributed by atoms with van der Waals surface area (Å²) in [7, 11) is 0. The Bertz CT molecular complexity index is 328. The number of benzene rings is 1. The third-order valence-corrected chi connectivity index (χ3v) is 4.12. The molecule has 0 amide bonds. The maximum absolute atomic E-state index is 6.26. The van der Waals surface area contributed by atoms with Crippen molar-refractivity contribution in [3.05, 3.63) is 35.9 Å². The molecular weight excluding hydrogens is 220 g/mol. The van der Waals surface area contributed by atoms with Crippen molar-refractivity contribution in [3.8, 4) is 0 Å². The van der Waals surface area contributed by atoms with E-state index in [2.05, 4.69) is 42.2 Å². The van der Waals surface area contributed by atoms with Crippen molar-refractivity contribution in [2.45, 2.75) is 38.6 Å². The third kappa shape index (κ3) is 4.11. The Labute approximate surface area is 111 Å². The molecule has 2 rings (SSSR count). The van der Waals surface area contributed by atoms with Crippen LogP contribution in [0.2, 0.25) is 0 Å². The zero-order chi connectivity index (χ0) is 12.8. The van der Waals surface area contributed by atoms with Crippen LogP contribution in [0.5, 0.6) is 0 Å². The molecule has 0 saturated carbocycles. The number of hydrogen-bond donors (Lipinski definition) is 1. The standard InChI is InChI=1S/C16H26N2/c1-2-14-8-10-18(11-9-14)13-16(17)12-15-6-4-3-5-7-15/h3-7,14,16H,2,8-13,17H2,1H3. The van der Waals surface area contributed by atoms with Gasteiger partial charge in [0.05, 0.1) is 0 Å². The lowest BCUT2D eigenvalue weighted by Gasteiger charge is -2.33. The van der Waals surface area contributed by atoms with Crippen LogP contribution < -0.4 is 5.73 Å². The van der Waals surface area contributed by atoms with Gasteiger partial charge in [0, 0.05) is 12.6 Å². The van der Waals surface area contributed by atoms with Gasteiger partial charge in [-0.1, -0.05) is 43.7 Å². The van der Waals surface area contributed by atoms with Gasteiger partial charge in [0.1, 0.15) is 0 Å². The van der Waals surface area contributed by atoms with Crippen LogP contribution in [0, 0.1) is 5.92 Å². The van der Waals surface area contributed by atoms with Gasteiger partial charge in [0.25, 0.3) is 0 Å². The van der Waals surface area contributed by atoms with Crippen LogP contribution in [0.25, 0.3) is 0 Å². The summed E-state index contributed by atoms with van der Waals surface area (Å²) < 4.78 is 0. The summed E-state index contributed by atoms with van der Waals surface area (Å²) in [5.41, 5.74) is 7.62. The van der Waals surface area contributed by atoms with E-state index < -0.39 is 0 Å². The normalized spacial score (nSPS) is 19.9. The second kappa shape index (κ2) is 6.91. The topological polar surface area (TPSA) is 29.3 Å². The fourth-order valence-corrected chi connectivity index (χ4v) is 2.89. The lowest BCUT2D eigenvalue weighted by atomic mass is 9.94. The lowest BCUT2D eigenvalue weighted by Crippen LogP contribution is -2.42. The molecule has 0 bridgehead atoms. The van der Waals surface area contributed by atoms with Gasteiger partial charge in [-0.3, -0.25) is 0 Å². The number of piperidine rings is 1. The predicted octanol–water partition coefficient (Wildman–Crippen LogP) is 2.68. The highest BCUT2D eigenvalue weighted by molar-refractivity contribution is 5.15. The average molecular weight is 246 g/mol. The summed E-state index contributed by atoms with van der Waals surface area (Å²) in [6, 6.07) is 10.9. The van der Waals surface area contributed by atoms with Crippen LogP contribution >= 0.6 is 0 Å². The maximum Gasteiger partial charge on any atom is 0.0208 e. The van der Waals surface area contributed by atoms with Gasteiger partial charge >= 0.3 is 0 Å². The molecular formula is C16H26N2. The van der Waals surface area contributed by atoms with E-state index in [0.29, 0.717) is 0 Å². The molecule has 100 valence electrons. The predicted molar refractivity (Wildman–Crippen MR) is 77.6 cm³/mol. The van der Waals surface area contributed by atoms with Crippen LogP contribution in [0.4, 0.5) is 0 Å². The zero-order valence-electron chi connectivity index (χ0n) is 11.5. The fraction of sp³-hybridized carbons (Fsp3) is 0.625. The Morgan fingerprint density at radius 3 is 2.50 bits per heavy atom. The number of nitrogens with two attached hydrogens (primary N) is 1. The molecule has 1 aliphatic rings. The maximum atomic E-state index is 6.26. The molecule has 1 atom stereocenters. The minimum atomic E-state index is 0.269. The SMILES string of the molecule is CCC1CCN(CC(N)Cc2ccccc2)CC1. The van der Waals surface area contributed by atoms with Crippen molar-refractivity contribution in [3.63, 3.8) is 0 Å². The molecule has 18 heavy (non-hydrogen) atoms.